The van der Waals surface area contributed by atoms with E-state index in [9.17, 15) is 4.79 Å². The Morgan fingerprint density at radius 1 is 1.57 bits per heavy atom. The minimum atomic E-state index is -0.506. The van der Waals surface area contributed by atoms with E-state index < -0.39 is 5.97 Å². The number of carbonyl (C=O) groups excluding carboxylic acids is 1. The number of aromatic nitrogens is 1. The molecule has 0 spiro atoms. The number of ether oxygens (including phenoxy) is 1. The molecule has 1 aromatic heterocycles. The molecule has 72 valence electrons. The van der Waals surface area contributed by atoms with E-state index in [4.69, 9.17) is 0 Å². The van der Waals surface area contributed by atoms with E-state index in [0.717, 1.165) is 5.69 Å². The molecule has 0 radical (unpaired) electrons. The number of hydrogen-bond acceptors (Lipinski definition) is 3. The lowest BCUT2D eigenvalue weighted by atomic mass is 10.2. The fourth-order valence-corrected chi connectivity index (χ4v) is 0.832. The smallest absolute Gasteiger partial charge is 0.384 e. The first-order valence-electron chi connectivity index (χ1n) is 4.34. The maximum atomic E-state index is 10.9. The van der Waals surface area contributed by atoms with Crippen LogP contribution in [0.4, 0.5) is 0 Å². The van der Waals surface area contributed by atoms with Gasteiger partial charge in [-0.3, -0.25) is 4.98 Å². The summed E-state index contributed by atoms with van der Waals surface area (Å²) in [7, 11) is 0. The van der Waals surface area contributed by atoms with Gasteiger partial charge in [-0.05, 0) is 26.0 Å². The number of rotatable bonds is 1. The van der Waals surface area contributed by atoms with Gasteiger partial charge in [-0.2, -0.15) is 0 Å². The van der Waals surface area contributed by atoms with Crippen molar-refractivity contribution < 1.29 is 9.53 Å². The first-order valence-corrected chi connectivity index (χ1v) is 4.34. The number of pyridine rings is 1. The van der Waals surface area contributed by atoms with E-state index in [2.05, 4.69) is 21.6 Å². The van der Waals surface area contributed by atoms with Crippen molar-refractivity contribution in [1.82, 2.24) is 4.98 Å². The zero-order valence-corrected chi connectivity index (χ0v) is 8.20. The Balaban J connectivity index is 2.68. The van der Waals surface area contributed by atoms with Gasteiger partial charge in [-0.1, -0.05) is 5.92 Å². The number of aryl methyl sites for hydroxylation is 1. The Labute approximate surface area is 83.1 Å². The van der Waals surface area contributed by atoms with Gasteiger partial charge in [0.15, 0.2) is 0 Å². The maximum absolute atomic E-state index is 10.9. The van der Waals surface area contributed by atoms with Crippen LogP contribution >= 0.6 is 0 Å². The second-order valence-electron chi connectivity index (χ2n) is 2.66. The molecule has 1 heterocycles. The van der Waals surface area contributed by atoms with E-state index >= 15 is 0 Å². The molecule has 0 aromatic carbocycles. The highest BCUT2D eigenvalue weighted by molar-refractivity contribution is 5.89. The van der Waals surface area contributed by atoms with Gasteiger partial charge in [-0.25, -0.2) is 4.79 Å². The van der Waals surface area contributed by atoms with Gasteiger partial charge in [0.2, 0.25) is 0 Å². The summed E-state index contributed by atoms with van der Waals surface area (Å²) >= 11 is 0. The Morgan fingerprint density at radius 3 is 2.93 bits per heavy atom. The van der Waals surface area contributed by atoms with E-state index in [1.807, 2.05) is 19.1 Å². The highest BCUT2D eigenvalue weighted by Crippen LogP contribution is 1.96. The van der Waals surface area contributed by atoms with Crippen LogP contribution in [-0.2, 0) is 9.53 Å². The third-order valence-electron chi connectivity index (χ3n) is 1.50. The predicted molar refractivity (Wildman–Crippen MR) is 52.5 cm³/mol. The normalized spacial score (nSPS) is 8.71. The van der Waals surface area contributed by atoms with Crippen molar-refractivity contribution in [2.75, 3.05) is 6.61 Å². The third kappa shape index (κ3) is 3.28. The summed E-state index contributed by atoms with van der Waals surface area (Å²) in [5.41, 5.74) is 1.63. The van der Waals surface area contributed by atoms with Crippen LogP contribution in [0.5, 0.6) is 0 Å². The lowest BCUT2D eigenvalue weighted by molar-refractivity contribution is -0.136. The van der Waals surface area contributed by atoms with Gasteiger partial charge in [0, 0.05) is 23.4 Å². The molecular weight excluding hydrogens is 178 g/mol. The van der Waals surface area contributed by atoms with E-state index in [1.54, 1.807) is 13.1 Å². The highest BCUT2D eigenvalue weighted by atomic mass is 16.5. The molecule has 1 aromatic rings. The van der Waals surface area contributed by atoms with Crippen molar-refractivity contribution in [3.63, 3.8) is 0 Å². The van der Waals surface area contributed by atoms with Crippen molar-refractivity contribution in [3.8, 4) is 11.8 Å². The molecule has 0 saturated heterocycles. The Hall–Kier alpha value is -1.82. The highest BCUT2D eigenvalue weighted by Gasteiger charge is 1.92. The molecule has 0 amide bonds. The quantitative estimate of drug-likeness (QED) is 0.494. The molecule has 0 fully saturated rings. The van der Waals surface area contributed by atoms with Crippen LogP contribution in [0, 0.1) is 18.8 Å². The molecule has 1 rings (SSSR count). The lowest BCUT2D eigenvalue weighted by Gasteiger charge is -1.92. The van der Waals surface area contributed by atoms with Crippen LogP contribution in [0.3, 0.4) is 0 Å². The van der Waals surface area contributed by atoms with Crippen molar-refractivity contribution >= 4 is 5.97 Å². The average molecular weight is 189 g/mol. The van der Waals surface area contributed by atoms with Gasteiger partial charge < -0.3 is 4.74 Å². The van der Waals surface area contributed by atoms with Crippen molar-refractivity contribution in [2.24, 2.45) is 0 Å². The largest absolute Gasteiger partial charge is 0.456 e. The van der Waals surface area contributed by atoms with Crippen molar-refractivity contribution in [1.29, 1.82) is 0 Å². The van der Waals surface area contributed by atoms with Gasteiger partial charge in [0.1, 0.15) is 0 Å². The predicted octanol–water partition coefficient (Wildman–Crippen LogP) is 1.30. The Morgan fingerprint density at radius 2 is 2.36 bits per heavy atom. The summed E-state index contributed by atoms with van der Waals surface area (Å²) in [6.45, 7) is 3.98. The van der Waals surface area contributed by atoms with Gasteiger partial charge in [0.25, 0.3) is 0 Å². The van der Waals surface area contributed by atoms with Crippen LogP contribution in [0.1, 0.15) is 18.2 Å². The zero-order valence-electron chi connectivity index (χ0n) is 8.20. The summed E-state index contributed by atoms with van der Waals surface area (Å²) in [6, 6.07) is 3.66. The molecule has 0 saturated carbocycles. The van der Waals surface area contributed by atoms with Crippen LogP contribution < -0.4 is 0 Å². The van der Waals surface area contributed by atoms with Crippen molar-refractivity contribution in [3.05, 3.63) is 29.6 Å². The fraction of sp³-hybridized carbons (Fsp3) is 0.273. The second-order valence-corrected chi connectivity index (χ2v) is 2.66. The summed E-state index contributed by atoms with van der Waals surface area (Å²) in [5, 5.41) is 0. The van der Waals surface area contributed by atoms with Crippen molar-refractivity contribution in [2.45, 2.75) is 13.8 Å². The van der Waals surface area contributed by atoms with Gasteiger partial charge in [-0.15, -0.1) is 0 Å². The Kier molecular flexibility index (Phi) is 3.69. The fourth-order valence-electron chi connectivity index (χ4n) is 0.832. The summed E-state index contributed by atoms with van der Waals surface area (Å²) in [4.78, 5) is 14.9. The summed E-state index contributed by atoms with van der Waals surface area (Å²) < 4.78 is 4.65. The van der Waals surface area contributed by atoms with Crippen LogP contribution in [-0.4, -0.2) is 17.6 Å². The molecule has 0 unspecified atom stereocenters. The van der Waals surface area contributed by atoms with Gasteiger partial charge >= 0.3 is 5.97 Å². The first-order chi connectivity index (χ1) is 6.72. The number of esters is 1. The van der Waals surface area contributed by atoms with Crippen LogP contribution in [0.25, 0.3) is 0 Å². The molecule has 0 N–H and O–H groups in total. The van der Waals surface area contributed by atoms with Gasteiger partial charge in [0.05, 0.1) is 6.61 Å². The maximum Gasteiger partial charge on any atom is 0.384 e. The number of nitrogens with zero attached hydrogens (tertiary/aromatic N) is 1. The minimum absolute atomic E-state index is 0.347. The molecule has 0 aliphatic heterocycles. The average Bonchev–Trinajstić information content (AvgIpc) is 2.17. The lowest BCUT2D eigenvalue weighted by Crippen LogP contribution is -1.99. The SMILES string of the molecule is CCOC(=O)C#Cc1ccc(C)nc1. The molecule has 0 atom stereocenters. The summed E-state index contributed by atoms with van der Waals surface area (Å²) in [5.74, 6) is 4.53. The summed E-state index contributed by atoms with van der Waals surface area (Å²) in [6.07, 6.45) is 1.63. The van der Waals surface area contributed by atoms with Crippen LogP contribution in [0.15, 0.2) is 18.3 Å². The topological polar surface area (TPSA) is 39.2 Å². The molecular formula is C11H11NO2. The Bertz CT molecular complexity index is 371. The zero-order chi connectivity index (χ0) is 10.4. The van der Waals surface area contributed by atoms with E-state index in [0.29, 0.717) is 12.2 Å². The molecule has 3 heteroatoms. The first kappa shape index (κ1) is 10.3. The second kappa shape index (κ2) is 5.03. The van der Waals surface area contributed by atoms with E-state index in [1.165, 1.54) is 0 Å². The molecule has 0 aliphatic rings. The monoisotopic (exact) mass is 189 g/mol. The van der Waals surface area contributed by atoms with E-state index in [-0.39, 0.29) is 0 Å². The number of carbonyl (C=O) groups is 1. The molecule has 0 aliphatic carbocycles. The molecule has 3 nitrogen and oxygen atoms in total. The molecule has 0 bridgehead atoms. The minimum Gasteiger partial charge on any atom is -0.456 e. The molecule has 14 heavy (non-hydrogen) atoms. The standard InChI is InChI=1S/C11H11NO2/c1-3-14-11(13)7-6-10-5-4-9(2)12-8-10/h4-5,8H,3H2,1-2H3. The number of hydrogen-bond donors (Lipinski definition) is 0. The third-order valence-corrected chi connectivity index (χ3v) is 1.50. The van der Waals surface area contributed by atoms with Crippen LogP contribution in [0.2, 0.25) is 0 Å².